The van der Waals surface area contributed by atoms with Gasteiger partial charge in [0.1, 0.15) is 10.7 Å². The molecule has 1 amide bonds. The highest BCUT2D eigenvalue weighted by Gasteiger charge is 2.12. The lowest BCUT2D eigenvalue weighted by atomic mass is 10.2. The molecule has 136 valence electrons. The van der Waals surface area contributed by atoms with Crippen LogP contribution in [0.15, 0.2) is 46.9 Å². The van der Waals surface area contributed by atoms with E-state index in [1.807, 2.05) is 0 Å². The summed E-state index contributed by atoms with van der Waals surface area (Å²) in [6.45, 7) is -0.0784. The average Bonchev–Trinajstić information content (AvgIpc) is 3.09. The zero-order valence-electron chi connectivity index (χ0n) is 13.8. The number of likely N-dealkylation sites (N-methyl/N-ethyl adjacent to an activating group) is 1. The Morgan fingerprint density at radius 1 is 1.27 bits per heavy atom. The van der Waals surface area contributed by atoms with E-state index in [0.29, 0.717) is 11.6 Å². The lowest BCUT2D eigenvalue weighted by Crippen LogP contribution is -2.30. The lowest BCUT2D eigenvalue weighted by molar-refractivity contribution is -0.402. The molecule has 1 aromatic carbocycles. The van der Waals surface area contributed by atoms with E-state index in [-0.39, 0.29) is 11.7 Å². The van der Waals surface area contributed by atoms with Gasteiger partial charge in [-0.15, -0.1) is 0 Å². The molecule has 26 heavy (non-hydrogen) atoms. The Bertz CT molecular complexity index is 828. The third-order valence-corrected chi connectivity index (χ3v) is 3.52. The van der Waals surface area contributed by atoms with E-state index in [4.69, 9.17) is 20.8 Å². The Kier molecular flexibility index (Phi) is 6.51. The highest BCUT2D eigenvalue weighted by atomic mass is 35.5. The molecule has 0 fully saturated rings. The van der Waals surface area contributed by atoms with Crippen LogP contribution in [0.3, 0.4) is 0 Å². The second-order valence-corrected chi connectivity index (χ2v) is 5.69. The number of esters is 1. The van der Waals surface area contributed by atoms with Crippen LogP contribution in [-0.4, -0.2) is 35.4 Å². The molecule has 0 N–H and O–H groups in total. The van der Waals surface area contributed by atoms with Gasteiger partial charge in [-0.2, -0.15) is 0 Å². The molecule has 0 atom stereocenters. The number of ether oxygens (including phenoxy) is 1. The quantitative estimate of drug-likeness (QED) is 0.317. The number of carbonyl (C=O) groups excluding carboxylic acids is 2. The van der Waals surface area contributed by atoms with Crippen LogP contribution in [-0.2, 0) is 20.9 Å². The second kappa shape index (κ2) is 8.82. The van der Waals surface area contributed by atoms with Gasteiger partial charge in [-0.25, -0.2) is 4.79 Å². The molecular weight excluding hydrogens is 364 g/mol. The van der Waals surface area contributed by atoms with Gasteiger partial charge in [-0.3, -0.25) is 14.9 Å². The van der Waals surface area contributed by atoms with E-state index in [9.17, 15) is 19.7 Å². The molecule has 9 heteroatoms. The first-order valence-electron chi connectivity index (χ1n) is 7.42. The summed E-state index contributed by atoms with van der Waals surface area (Å²) in [6.07, 6.45) is 2.24. The summed E-state index contributed by atoms with van der Waals surface area (Å²) >= 11 is 5.80. The van der Waals surface area contributed by atoms with E-state index in [1.165, 1.54) is 23.1 Å². The van der Waals surface area contributed by atoms with Crippen LogP contribution in [0, 0.1) is 10.1 Å². The topological polar surface area (TPSA) is 103 Å². The Labute approximate surface area is 153 Å². The zero-order chi connectivity index (χ0) is 19.1. The molecule has 1 heterocycles. The molecule has 0 radical (unpaired) electrons. The van der Waals surface area contributed by atoms with E-state index in [0.717, 1.165) is 11.6 Å². The molecule has 1 aromatic heterocycles. The molecule has 0 aliphatic carbocycles. The van der Waals surface area contributed by atoms with Crippen LogP contribution >= 0.6 is 11.6 Å². The third kappa shape index (κ3) is 5.75. The van der Waals surface area contributed by atoms with Gasteiger partial charge in [-0.05, 0) is 29.8 Å². The summed E-state index contributed by atoms with van der Waals surface area (Å²) in [6, 6.07) is 9.54. The summed E-state index contributed by atoms with van der Waals surface area (Å²) in [5.41, 5.74) is 0.885. The van der Waals surface area contributed by atoms with Crippen molar-refractivity contribution in [2.24, 2.45) is 0 Å². The first-order chi connectivity index (χ1) is 12.3. The van der Waals surface area contributed by atoms with E-state index in [2.05, 4.69) is 0 Å². The average molecular weight is 379 g/mol. The summed E-state index contributed by atoms with van der Waals surface area (Å²) in [7, 11) is 1.59. The van der Waals surface area contributed by atoms with Gasteiger partial charge >= 0.3 is 11.9 Å². The van der Waals surface area contributed by atoms with Gasteiger partial charge in [0.2, 0.25) is 0 Å². The molecule has 8 nitrogen and oxygen atoms in total. The van der Waals surface area contributed by atoms with Crippen molar-refractivity contribution < 1.29 is 23.7 Å². The first-order valence-corrected chi connectivity index (χ1v) is 7.80. The maximum absolute atomic E-state index is 12.0. The smallest absolute Gasteiger partial charge is 0.433 e. The Balaban J connectivity index is 1.79. The largest absolute Gasteiger partial charge is 0.452 e. The summed E-state index contributed by atoms with van der Waals surface area (Å²) in [4.78, 5) is 34.8. The normalized spacial score (nSPS) is 10.7. The number of nitrogens with zero attached hydrogens (tertiary/aromatic N) is 2. The molecule has 0 saturated carbocycles. The fourth-order valence-electron chi connectivity index (χ4n) is 1.92. The summed E-state index contributed by atoms with van der Waals surface area (Å²) in [5.74, 6) is -1.45. The number of nitro groups is 1. The molecule has 0 bridgehead atoms. The monoisotopic (exact) mass is 378 g/mol. The molecular formula is C17H15ClN2O6. The van der Waals surface area contributed by atoms with Crippen LogP contribution in [0.2, 0.25) is 5.02 Å². The highest BCUT2D eigenvalue weighted by Crippen LogP contribution is 2.16. The Morgan fingerprint density at radius 3 is 2.58 bits per heavy atom. The minimum absolute atomic E-state index is 0.125. The van der Waals surface area contributed by atoms with Crippen molar-refractivity contribution in [3.63, 3.8) is 0 Å². The van der Waals surface area contributed by atoms with Crippen molar-refractivity contribution in [2.75, 3.05) is 13.7 Å². The van der Waals surface area contributed by atoms with Crippen molar-refractivity contribution in [1.82, 2.24) is 4.90 Å². The predicted molar refractivity (Wildman–Crippen MR) is 93.3 cm³/mol. The molecule has 0 unspecified atom stereocenters. The van der Waals surface area contributed by atoms with Crippen LogP contribution in [0.25, 0.3) is 6.08 Å². The standard InChI is InChI=1S/C17H15ClN2O6/c1-19(10-12-2-4-13(18)5-3-12)15(21)11-25-17(22)9-7-14-6-8-16(26-14)20(23)24/h2-9H,10-11H2,1H3/b9-7+. The SMILES string of the molecule is CN(Cc1ccc(Cl)cc1)C(=O)COC(=O)/C=C/c1ccc([N+](=O)[O-])o1. The predicted octanol–water partition coefficient (Wildman–Crippen LogP) is 3.06. The molecule has 2 rings (SSSR count). The number of furan rings is 1. The third-order valence-electron chi connectivity index (χ3n) is 3.27. The van der Waals surface area contributed by atoms with E-state index < -0.39 is 23.4 Å². The van der Waals surface area contributed by atoms with Gasteiger partial charge < -0.3 is 14.1 Å². The van der Waals surface area contributed by atoms with Gasteiger partial charge in [0, 0.05) is 24.7 Å². The highest BCUT2D eigenvalue weighted by molar-refractivity contribution is 6.30. The van der Waals surface area contributed by atoms with Crippen molar-refractivity contribution in [1.29, 1.82) is 0 Å². The van der Waals surface area contributed by atoms with Crippen molar-refractivity contribution in [3.05, 3.63) is 68.9 Å². The molecule has 0 aliphatic rings. The van der Waals surface area contributed by atoms with Gasteiger partial charge in [0.15, 0.2) is 6.61 Å². The fourth-order valence-corrected chi connectivity index (χ4v) is 2.05. The molecule has 2 aromatic rings. The Hall–Kier alpha value is -3.13. The van der Waals surface area contributed by atoms with Crippen molar-refractivity contribution in [3.8, 4) is 0 Å². The number of benzene rings is 1. The van der Waals surface area contributed by atoms with Gasteiger partial charge in [-0.1, -0.05) is 23.7 Å². The van der Waals surface area contributed by atoms with Gasteiger partial charge in [0.05, 0.1) is 6.07 Å². The van der Waals surface area contributed by atoms with Crippen molar-refractivity contribution in [2.45, 2.75) is 6.54 Å². The van der Waals surface area contributed by atoms with Crippen LogP contribution < -0.4 is 0 Å². The Morgan fingerprint density at radius 2 is 1.96 bits per heavy atom. The fraction of sp³-hybridized carbons (Fsp3) is 0.176. The van der Waals surface area contributed by atoms with Crippen molar-refractivity contribution >= 4 is 35.4 Å². The zero-order valence-corrected chi connectivity index (χ0v) is 14.5. The number of carbonyl (C=O) groups is 2. The van der Waals surface area contributed by atoms with Crippen LogP contribution in [0.1, 0.15) is 11.3 Å². The number of hydrogen-bond acceptors (Lipinski definition) is 6. The molecule has 0 aliphatic heterocycles. The minimum Gasteiger partial charge on any atom is -0.452 e. The van der Waals surface area contributed by atoms with E-state index >= 15 is 0 Å². The van der Waals surface area contributed by atoms with Crippen LogP contribution in [0.4, 0.5) is 5.88 Å². The first kappa shape index (κ1) is 19.2. The second-order valence-electron chi connectivity index (χ2n) is 5.25. The molecule has 0 spiro atoms. The molecule has 0 saturated heterocycles. The lowest BCUT2D eigenvalue weighted by Gasteiger charge is -2.17. The number of hydrogen-bond donors (Lipinski definition) is 0. The number of rotatable bonds is 7. The minimum atomic E-state index is -0.766. The summed E-state index contributed by atoms with van der Waals surface area (Å²) in [5, 5.41) is 11.1. The number of amides is 1. The maximum Gasteiger partial charge on any atom is 0.433 e. The van der Waals surface area contributed by atoms with Gasteiger partial charge in [0.25, 0.3) is 5.91 Å². The maximum atomic E-state index is 12.0. The number of halogens is 1. The summed E-state index contributed by atoms with van der Waals surface area (Å²) < 4.78 is 9.70. The van der Waals surface area contributed by atoms with Crippen LogP contribution in [0.5, 0.6) is 0 Å². The van der Waals surface area contributed by atoms with E-state index in [1.54, 1.807) is 31.3 Å².